The molecule has 0 radical (unpaired) electrons. The number of rotatable bonds is 7. The van der Waals surface area contributed by atoms with Gasteiger partial charge in [-0.3, -0.25) is 4.79 Å². The van der Waals surface area contributed by atoms with Crippen LogP contribution in [0.1, 0.15) is 56.6 Å². The van der Waals surface area contributed by atoms with Crippen molar-refractivity contribution >= 4 is 17.7 Å². The first-order chi connectivity index (χ1) is 14.9. The Kier molecular flexibility index (Phi) is 5.62. The molecule has 2 nitrogen and oxygen atoms in total. The fourth-order valence-corrected chi connectivity index (χ4v) is 7.83. The maximum absolute atomic E-state index is 15.4. The first-order valence-corrected chi connectivity index (χ1v) is 12.8. The van der Waals surface area contributed by atoms with Crippen molar-refractivity contribution in [3.8, 4) is 11.1 Å². The van der Waals surface area contributed by atoms with Crippen molar-refractivity contribution < 1.29 is 14.3 Å². The molecule has 2 aromatic rings. The number of halogens is 1. The van der Waals surface area contributed by atoms with Crippen LogP contribution in [0, 0.1) is 29.5 Å². The molecule has 0 spiro atoms. The summed E-state index contributed by atoms with van der Waals surface area (Å²) in [5, 5.41) is 8.99. The SMILES string of the molecule is CC(CSCc1ccc(-c2ccc(C34CC5CC(CC(C5)C3)C4)c(F)c2)cc1)C(=O)O. The van der Waals surface area contributed by atoms with Crippen LogP contribution in [0.15, 0.2) is 42.5 Å². The lowest BCUT2D eigenvalue weighted by atomic mass is 9.48. The Morgan fingerprint density at radius 2 is 1.61 bits per heavy atom. The standard InChI is InChI=1S/C27H31FO2S/c1-17(26(29)30)15-31-16-18-2-4-22(5-3-18)23-6-7-24(25(28)11-23)27-12-19-8-20(13-27)10-21(9-19)14-27/h2-7,11,17,19-21H,8-10,12-16H2,1H3,(H,29,30). The summed E-state index contributed by atoms with van der Waals surface area (Å²) in [6.45, 7) is 1.74. The van der Waals surface area contributed by atoms with Crippen LogP contribution in [0.5, 0.6) is 0 Å². The molecule has 4 saturated carbocycles. The molecule has 1 N–H and O–H groups in total. The number of carboxylic acids is 1. The summed E-state index contributed by atoms with van der Waals surface area (Å²) in [5.41, 5.74) is 4.19. The third kappa shape index (κ3) is 4.16. The topological polar surface area (TPSA) is 37.3 Å². The van der Waals surface area contributed by atoms with E-state index in [9.17, 15) is 4.79 Å². The summed E-state index contributed by atoms with van der Waals surface area (Å²) in [6.07, 6.45) is 7.67. The van der Waals surface area contributed by atoms with Gasteiger partial charge >= 0.3 is 5.97 Å². The molecule has 1 unspecified atom stereocenters. The summed E-state index contributed by atoms with van der Waals surface area (Å²) in [5.74, 6) is 2.73. The predicted molar refractivity (Wildman–Crippen MR) is 125 cm³/mol. The van der Waals surface area contributed by atoms with Crippen molar-refractivity contribution in [1.82, 2.24) is 0 Å². The summed E-state index contributed by atoms with van der Waals surface area (Å²) in [4.78, 5) is 10.9. The quantitative estimate of drug-likeness (QED) is 0.510. The molecule has 4 heteroatoms. The van der Waals surface area contributed by atoms with Gasteiger partial charge in [0.1, 0.15) is 5.82 Å². The zero-order valence-electron chi connectivity index (χ0n) is 18.1. The molecular weight excluding hydrogens is 407 g/mol. The second kappa shape index (κ2) is 8.27. The zero-order chi connectivity index (χ0) is 21.6. The van der Waals surface area contributed by atoms with Crippen molar-refractivity contribution in [3.63, 3.8) is 0 Å². The molecule has 0 aliphatic heterocycles. The highest BCUT2D eigenvalue weighted by atomic mass is 32.2. The van der Waals surface area contributed by atoms with Crippen molar-refractivity contribution in [2.45, 2.75) is 56.6 Å². The van der Waals surface area contributed by atoms with Gasteiger partial charge in [-0.1, -0.05) is 43.3 Å². The average Bonchev–Trinajstić information content (AvgIpc) is 2.73. The van der Waals surface area contributed by atoms with Gasteiger partial charge in [0, 0.05) is 11.5 Å². The normalized spacial score (nSPS) is 29.8. The van der Waals surface area contributed by atoms with E-state index in [1.807, 2.05) is 0 Å². The second-order valence-corrected chi connectivity index (χ2v) is 11.4. The molecule has 4 fully saturated rings. The molecule has 4 bridgehead atoms. The number of hydrogen-bond donors (Lipinski definition) is 1. The lowest BCUT2D eigenvalue weighted by Crippen LogP contribution is -2.48. The molecule has 4 aliphatic carbocycles. The van der Waals surface area contributed by atoms with Gasteiger partial charge in [0.25, 0.3) is 0 Å². The maximum Gasteiger partial charge on any atom is 0.307 e. The second-order valence-electron chi connectivity index (χ2n) is 10.3. The molecule has 164 valence electrons. The first kappa shape index (κ1) is 21.1. The van der Waals surface area contributed by atoms with E-state index in [-0.39, 0.29) is 17.2 Å². The average molecular weight is 439 g/mol. The van der Waals surface area contributed by atoms with E-state index in [1.54, 1.807) is 24.8 Å². The van der Waals surface area contributed by atoms with Crippen molar-refractivity contribution in [1.29, 1.82) is 0 Å². The number of carboxylic acid groups (broad SMARTS) is 1. The van der Waals surface area contributed by atoms with E-state index in [0.29, 0.717) is 5.75 Å². The molecule has 0 heterocycles. The van der Waals surface area contributed by atoms with Crippen LogP contribution in [0.3, 0.4) is 0 Å². The Hall–Kier alpha value is -1.81. The predicted octanol–water partition coefficient (Wildman–Crippen LogP) is 6.91. The smallest absolute Gasteiger partial charge is 0.307 e. The molecule has 0 amide bonds. The molecule has 4 aliphatic rings. The Morgan fingerprint density at radius 3 is 2.16 bits per heavy atom. The summed E-state index contributed by atoms with van der Waals surface area (Å²) >= 11 is 1.64. The lowest BCUT2D eigenvalue weighted by molar-refractivity contribution is -0.140. The largest absolute Gasteiger partial charge is 0.481 e. The number of thioether (sulfide) groups is 1. The highest BCUT2D eigenvalue weighted by Crippen LogP contribution is 2.61. The van der Waals surface area contributed by atoms with Gasteiger partial charge in [0.05, 0.1) is 5.92 Å². The van der Waals surface area contributed by atoms with Crippen molar-refractivity contribution in [2.24, 2.45) is 23.7 Å². The third-order valence-electron chi connectivity index (χ3n) is 7.92. The molecular formula is C27H31FO2S. The van der Waals surface area contributed by atoms with Crippen LogP contribution in [0.2, 0.25) is 0 Å². The maximum atomic E-state index is 15.4. The Balaban J connectivity index is 1.29. The fraction of sp³-hybridized carbons (Fsp3) is 0.519. The van der Waals surface area contributed by atoms with Gasteiger partial charge in [-0.05, 0) is 90.0 Å². The van der Waals surface area contributed by atoms with Crippen molar-refractivity contribution in [2.75, 3.05) is 5.75 Å². The van der Waals surface area contributed by atoms with Gasteiger partial charge in [0.2, 0.25) is 0 Å². The summed E-state index contributed by atoms with van der Waals surface area (Å²) in [7, 11) is 0. The highest BCUT2D eigenvalue weighted by molar-refractivity contribution is 7.98. The molecule has 0 aromatic heterocycles. The van der Waals surface area contributed by atoms with Crippen LogP contribution < -0.4 is 0 Å². The van der Waals surface area contributed by atoms with Crippen LogP contribution >= 0.6 is 11.8 Å². The Bertz CT molecular complexity index is 932. The lowest BCUT2D eigenvalue weighted by Gasteiger charge is -2.57. The van der Waals surface area contributed by atoms with E-state index in [2.05, 4.69) is 36.4 Å². The van der Waals surface area contributed by atoms with Gasteiger partial charge < -0.3 is 5.11 Å². The Morgan fingerprint density at radius 1 is 1.03 bits per heavy atom. The molecule has 0 saturated heterocycles. The number of hydrogen-bond acceptors (Lipinski definition) is 2. The zero-order valence-corrected chi connectivity index (χ0v) is 19.0. The van der Waals surface area contributed by atoms with Crippen LogP contribution in [0.25, 0.3) is 11.1 Å². The molecule has 6 rings (SSSR count). The van der Waals surface area contributed by atoms with Crippen LogP contribution in [0.4, 0.5) is 4.39 Å². The molecule has 31 heavy (non-hydrogen) atoms. The van der Waals surface area contributed by atoms with Gasteiger partial charge in [-0.2, -0.15) is 11.8 Å². The van der Waals surface area contributed by atoms with Crippen LogP contribution in [-0.4, -0.2) is 16.8 Å². The van der Waals surface area contributed by atoms with Crippen LogP contribution in [-0.2, 0) is 16.0 Å². The minimum Gasteiger partial charge on any atom is -0.481 e. The van der Waals surface area contributed by atoms with Crippen molar-refractivity contribution in [3.05, 3.63) is 59.4 Å². The van der Waals surface area contributed by atoms with Gasteiger partial charge in [-0.25, -0.2) is 4.39 Å². The van der Waals surface area contributed by atoms with Gasteiger partial charge in [-0.15, -0.1) is 0 Å². The van der Waals surface area contributed by atoms with Gasteiger partial charge in [0.15, 0.2) is 0 Å². The van der Waals surface area contributed by atoms with E-state index in [1.165, 1.54) is 38.5 Å². The number of aliphatic carboxylic acids is 1. The number of benzene rings is 2. The molecule has 1 atom stereocenters. The molecule has 2 aromatic carbocycles. The minimum atomic E-state index is -0.748. The minimum absolute atomic E-state index is 0.0262. The summed E-state index contributed by atoms with van der Waals surface area (Å²) < 4.78 is 15.4. The monoisotopic (exact) mass is 438 g/mol. The first-order valence-electron chi connectivity index (χ1n) is 11.6. The number of carbonyl (C=O) groups is 1. The van der Waals surface area contributed by atoms with E-state index in [0.717, 1.165) is 45.8 Å². The van der Waals surface area contributed by atoms with E-state index >= 15 is 4.39 Å². The third-order valence-corrected chi connectivity index (χ3v) is 9.20. The van der Waals surface area contributed by atoms with E-state index in [4.69, 9.17) is 5.11 Å². The van der Waals surface area contributed by atoms with E-state index < -0.39 is 5.97 Å². The Labute approximate surface area is 188 Å². The fourth-order valence-electron chi connectivity index (χ4n) is 6.78. The summed E-state index contributed by atoms with van der Waals surface area (Å²) in [6, 6.07) is 14.2. The highest BCUT2D eigenvalue weighted by Gasteiger charge is 2.52.